The van der Waals surface area contributed by atoms with E-state index >= 15 is 0 Å². The number of carbonyl (C=O) groups excluding carboxylic acids is 1. The van der Waals surface area contributed by atoms with Crippen LogP contribution in [0.25, 0.3) is 0 Å². The van der Waals surface area contributed by atoms with Crippen molar-refractivity contribution < 1.29 is 14.7 Å². The highest BCUT2D eigenvalue weighted by Crippen LogP contribution is 2.23. The second-order valence-electron chi connectivity index (χ2n) is 4.31. The number of carbonyl (C=O) groups is 2. The number of carboxylic acid groups (broad SMARTS) is 1. The molecule has 2 rings (SSSR count). The first-order chi connectivity index (χ1) is 8.59. The van der Waals surface area contributed by atoms with Gasteiger partial charge >= 0.3 is 5.97 Å². The van der Waals surface area contributed by atoms with Crippen molar-refractivity contribution in [1.29, 1.82) is 0 Å². The van der Waals surface area contributed by atoms with Crippen LogP contribution in [-0.4, -0.2) is 34.6 Å². The van der Waals surface area contributed by atoms with Crippen molar-refractivity contribution in [3.05, 3.63) is 23.9 Å². The topological polar surface area (TPSA) is 96.5 Å². The van der Waals surface area contributed by atoms with Crippen LogP contribution in [0.15, 0.2) is 18.3 Å². The Hall–Kier alpha value is -2.11. The zero-order valence-corrected chi connectivity index (χ0v) is 9.87. The normalized spacial score (nSPS) is 19.6. The van der Waals surface area contributed by atoms with E-state index in [2.05, 4.69) is 4.98 Å². The van der Waals surface area contributed by atoms with Gasteiger partial charge < -0.3 is 15.7 Å². The summed E-state index contributed by atoms with van der Waals surface area (Å²) in [6, 6.07) is 2.67. The van der Waals surface area contributed by atoms with E-state index in [1.54, 1.807) is 17.0 Å². The van der Waals surface area contributed by atoms with Crippen LogP contribution >= 0.6 is 0 Å². The van der Waals surface area contributed by atoms with Gasteiger partial charge in [-0.3, -0.25) is 4.79 Å². The second kappa shape index (κ2) is 5.03. The Morgan fingerprint density at radius 1 is 1.39 bits per heavy atom. The van der Waals surface area contributed by atoms with E-state index in [4.69, 9.17) is 10.8 Å². The molecule has 1 fully saturated rings. The molecule has 0 bridgehead atoms. The molecule has 0 spiro atoms. The predicted octanol–water partition coefficient (Wildman–Crippen LogP) is 0.624. The SMILES string of the molecule is NC(=O)c1ccc(N2CCCCC2C(=O)O)nc1. The maximum Gasteiger partial charge on any atom is 0.326 e. The van der Waals surface area contributed by atoms with E-state index in [0.717, 1.165) is 12.8 Å². The third-order valence-electron chi connectivity index (χ3n) is 3.11. The molecule has 1 aliphatic rings. The second-order valence-corrected chi connectivity index (χ2v) is 4.31. The first kappa shape index (κ1) is 12.3. The summed E-state index contributed by atoms with van der Waals surface area (Å²) < 4.78 is 0. The van der Waals surface area contributed by atoms with E-state index in [1.165, 1.54) is 6.20 Å². The van der Waals surface area contributed by atoms with Gasteiger partial charge in [-0.2, -0.15) is 0 Å². The van der Waals surface area contributed by atoms with Gasteiger partial charge in [0.1, 0.15) is 11.9 Å². The molecule has 0 saturated carbocycles. The van der Waals surface area contributed by atoms with Crippen LogP contribution in [0.3, 0.4) is 0 Å². The zero-order valence-electron chi connectivity index (χ0n) is 9.87. The van der Waals surface area contributed by atoms with Crippen LogP contribution in [0.4, 0.5) is 5.82 Å². The van der Waals surface area contributed by atoms with Gasteiger partial charge in [-0.1, -0.05) is 0 Å². The predicted molar refractivity (Wildman–Crippen MR) is 65.4 cm³/mol. The highest BCUT2D eigenvalue weighted by atomic mass is 16.4. The molecule has 1 saturated heterocycles. The Morgan fingerprint density at radius 3 is 2.72 bits per heavy atom. The summed E-state index contributed by atoms with van der Waals surface area (Å²) in [7, 11) is 0. The fourth-order valence-corrected chi connectivity index (χ4v) is 2.16. The van der Waals surface area contributed by atoms with Gasteiger partial charge in [-0.05, 0) is 31.4 Å². The number of anilines is 1. The maximum absolute atomic E-state index is 11.2. The molecule has 1 aromatic heterocycles. The molecule has 2 heterocycles. The fourth-order valence-electron chi connectivity index (χ4n) is 2.16. The number of pyridine rings is 1. The third-order valence-corrected chi connectivity index (χ3v) is 3.11. The van der Waals surface area contributed by atoms with E-state index in [0.29, 0.717) is 24.3 Å². The Morgan fingerprint density at radius 2 is 2.17 bits per heavy atom. The lowest BCUT2D eigenvalue weighted by Gasteiger charge is -2.33. The molecular weight excluding hydrogens is 234 g/mol. The number of amides is 1. The van der Waals surface area contributed by atoms with Crippen LogP contribution in [0.5, 0.6) is 0 Å². The van der Waals surface area contributed by atoms with Crippen molar-refractivity contribution in [3.8, 4) is 0 Å². The maximum atomic E-state index is 11.2. The number of hydrogen-bond donors (Lipinski definition) is 2. The number of nitrogens with two attached hydrogens (primary N) is 1. The van der Waals surface area contributed by atoms with Gasteiger partial charge in [-0.15, -0.1) is 0 Å². The van der Waals surface area contributed by atoms with Gasteiger partial charge in [0.25, 0.3) is 0 Å². The zero-order chi connectivity index (χ0) is 13.1. The van der Waals surface area contributed by atoms with E-state index in [-0.39, 0.29) is 0 Å². The summed E-state index contributed by atoms with van der Waals surface area (Å²) >= 11 is 0. The smallest absolute Gasteiger partial charge is 0.326 e. The quantitative estimate of drug-likeness (QED) is 0.818. The lowest BCUT2D eigenvalue weighted by Crippen LogP contribution is -2.45. The number of piperidine rings is 1. The lowest BCUT2D eigenvalue weighted by atomic mass is 10.0. The first-order valence-corrected chi connectivity index (χ1v) is 5.85. The Bertz CT molecular complexity index is 458. The molecule has 96 valence electrons. The number of rotatable bonds is 3. The van der Waals surface area contributed by atoms with Crippen molar-refractivity contribution >= 4 is 17.7 Å². The first-order valence-electron chi connectivity index (χ1n) is 5.85. The molecular formula is C12H15N3O3. The average Bonchev–Trinajstić information content (AvgIpc) is 2.39. The monoisotopic (exact) mass is 249 g/mol. The molecule has 0 aromatic carbocycles. The van der Waals surface area contributed by atoms with Gasteiger partial charge in [0.15, 0.2) is 0 Å². The van der Waals surface area contributed by atoms with Crippen LogP contribution in [-0.2, 0) is 4.79 Å². The van der Waals surface area contributed by atoms with Crippen LogP contribution in [0.1, 0.15) is 29.6 Å². The molecule has 18 heavy (non-hydrogen) atoms. The highest BCUT2D eigenvalue weighted by molar-refractivity contribution is 5.92. The fraction of sp³-hybridized carbons (Fsp3) is 0.417. The van der Waals surface area contributed by atoms with Crippen LogP contribution < -0.4 is 10.6 Å². The van der Waals surface area contributed by atoms with Crippen molar-refractivity contribution in [3.63, 3.8) is 0 Å². The van der Waals surface area contributed by atoms with Crippen molar-refractivity contribution in [2.45, 2.75) is 25.3 Å². The summed E-state index contributed by atoms with van der Waals surface area (Å²) in [5, 5.41) is 9.17. The summed E-state index contributed by atoms with van der Waals surface area (Å²) in [5.74, 6) is -0.801. The summed E-state index contributed by atoms with van der Waals surface area (Å²) in [5.41, 5.74) is 5.45. The van der Waals surface area contributed by atoms with Crippen LogP contribution in [0, 0.1) is 0 Å². The highest BCUT2D eigenvalue weighted by Gasteiger charge is 2.29. The van der Waals surface area contributed by atoms with E-state index in [9.17, 15) is 9.59 Å². The molecule has 6 nitrogen and oxygen atoms in total. The number of hydrogen-bond acceptors (Lipinski definition) is 4. The minimum atomic E-state index is -0.838. The molecule has 0 aliphatic carbocycles. The number of aromatic nitrogens is 1. The summed E-state index contributed by atoms with van der Waals surface area (Å²) in [6.07, 6.45) is 3.86. The lowest BCUT2D eigenvalue weighted by molar-refractivity contribution is -0.139. The number of aliphatic carboxylic acids is 1. The van der Waals surface area contributed by atoms with Gasteiger partial charge in [-0.25, -0.2) is 9.78 Å². The molecule has 6 heteroatoms. The number of carboxylic acids is 1. The molecule has 0 radical (unpaired) electrons. The largest absolute Gasteiger partial charge is 0.480 e. The molecule has 3 N–H and O–H groups in total. The van der Waals surface area contributed by atoms with Gasteiger partial charge in [0.05, 0.1) is 5.56 Å². The molecule has 1 atom stereocenters. The molecule has 1 aromatic rings. The third kappa shape index (κ3) is 2.42. The molecule has 1 amide bonds. The van der Waals surface area contributed by atoms with Crippen LogP contribution in [0.2, 0.25) is 0 Å². The molecule has 1 unspecified atom stereocenters. The number of primary amides is 1. The Kier molecular flexibility index (Phi) is 3.45. The van der Waals surface area contributed by atoms with Crippen molar-refractivity contribution in [1.82, 2.24) is 4.98 Å². The minimum Gasteiger partial charge on any atom is -0.480 e. The van der Waals surface area contributed by atoms with Crippen molar-refractivity contribution in [2.24, 2.45) is 5.73 Å². The van der Waals surface area contributed by atoms with Gasteiger partial charge in [0, 0.05) is 12.7 Å². The van der Waals surface area contributed by atoms with E-state index < -0.39 is 17.9 Å². The standard InChI is InChI=1S/C12H15N3O3/c13-11(16)8-4-5-10(14-7-8)15-6-2-1-3-9(15)12(17)18/h4-5,7,9H,1-3,6H2,(H2,13,16)(H,17,18). The minimum absolute atomic E-state index is 0.322. The Labute approximate surface area is 104 Å². The molecule has 1 aliphatic heterocycles. The summed E-state index contributed by atoms with van der Waals surface area (Å²) in [4.78, 5) is 28.0. The van der Waals surface area contributed by atoms with Crippen molar-refractivity contribution in [2.75, 3.05) is 11.4 Å². The average molecular weight is 249 g/mol. The number of nitrogens with zero attached hydrogens (tertiary/aromatic N) is 2. The Balaban J connectivity index is 2.23. The van der Waals surface area contributed by atoms with E-state index in [1.807, 2.05) is 0 Å². The van der Waals surface area contributed by atoms with Gasteiger partial charge in [0.2, 0.25) is 5.91 Å². The summed E-state index contributed by atoms with van der Waals surface area (Å²) in [6.45, 7) is 0.667.